The molecule has 0 atom stereocenters. The minimum absolute atomic E-state index is 0.256. The lowest BCUT2D eigenvalue weighted by Crippen LogP contribution is -1.95. The second-order valence-corrected chi connectivity index (χ2v) is 3.02. The number of benzene rings is 1. The van der Waals surface area contributed by atoms with Gasteiger partial charge in [-0.25, -0.2) is 4.79 Å². The summed E-state index contributed by atoms with van der Waals surface area (Å²) in [5.41, 5.74) is 2.20. The Morgan fingerprint density at radius 3 is 2.81 bits per heavy atom. The van der Waals surface area contributed by atoms with Crippen LogP contribution in [0, 0.1) is 6.92 Å². The van der Waals surface area contributed by atoms with Gasteiger partial charge in [-0.3, -0.25) is 0 Å². The van der Waals surface area contributed by atoms with E-state index in [0.717, 1.165) is 11.1 Å². The molecule has 0 saturated heterocycles. The Kier molecular flexibility index (Phi) is 4.70. The van der Waals surface area contributed by atoms with E-state index in [0.29, 0.717) is 0 Å². The Labute approximate surface area is 94.0 Å². The molecule has 82 valence electrons. The van der Waals surface area contributed by atoms with E-state index in [4.69, 9.17) is 4.74 Å². The van der Waals surface area contributed by atoms with Crippen molar-refractivity contribution in [1.29, 1.82) is 0 Å². The van der Waals surface area contributed by atoms with Gasteiger partial charge in [0.2, 0.25) is 5.90 Å². The van der Waals surface area contributed by atoms with Crippen LogP contribution in [0.25, 0.3) is 6.08 Å². The first-order valence-corrected chi connectivity index (χ1v) is 4.70. The maximum Gasteiger partial charge on any atom is 0.260 e. The molecule has 0 radical (unpaired) electrons. The molecule has 0 spiro atoms. The summed E-state index contributed by atoms with van der Waals surface area (Å²) >= 11 is 0. The van der Waals surface area contributed by atoms with Crippen LogP contribution in [-0.4, -0.2) is 19.1 Å². The van der Waals surface area contributed by atoms with Crippen molar-refractivity contribution in [2.45, 2.75) is 6.92 Å². The van der Waals surface area contributed by atoms with E-state index in [1.165, 1.54) is 13.2 Å². The number of hydrogen-bond donors (Lipinski definition) is 0. The van der Waals surface area contributed by atoms with Crippen molar-refractivity contribution in [2.24, 2.45) is 10.2 Å². The van der Waals surface area contributed by atoms with Gasteiger partial charge >= 0.3 is 0 Å². The van der Waals surface area contributed by atoms with E-state index >= 15 is 0 Å². The highest BCUT2D eigenvalue weighted by atomic mass is 16.5. The third kappa shape index (κ3) is 3.52. The van der Waals surface area contributed by atoms with Crippen molar-refractivity contribution in [2.75, 3.05) is 7.11 Å². The third-order valence-corrected chi connectivity index (χ3v) is 1.99. The molecule has 0 fully saturated rings. The van der Waals surface area contributed by atoms with Crippen molar-refractivity contribution in [3.63, 3.8) is 0 Å². The van der Waals surface area contributed by atoms with E-state index in [9.17, 15) is 4.79 Å². The summed E-state index contributed by atoms with van der Waals surface area (Å²) in [6, 6.07) is 7.89. The Balaban J connectivity index is 2.87. The fraction of sp³-hybridized carbons (Fsp3) is 0.167. The van der Waals surface area contributed by atoms with E-state index in [2.05, 4.69) is 10.2 Å². The summed E-state index contributed by atoms with van der Waals surface area (Å²) in [6.45, 7) is 2.01. The van der Waals surface area contributed by atoms with Crippen LogP contribution in [-0.2, 0) is 9.53 Å². The zero-order valence-electron chi connectivity index (χ0n) is 9.18. The number of rotatable bonds is 3. The van der Waals surface area contributed by atoms with Gasteiger partial charge in [-0.2, -0.15) is 0 Å². The Morgan fingerprint density at radius 1 is 1.44 bits per heavy atom. The molecule has 0 saturated carbocycles. The summed E-state index contributed by atoms with van der Waals surface area (Å²) in [5.74, 6) is 0.256. The fourth-order valence-corrected chi connectivity index (χ4v) is 1.15. The van der Waals surface area contributed by atoms with Crippen LogP contribution < -0.4 is 0 Å². The number of nitrogens with zero attached hydrogens (tertiary/aromatic N) is 2. The van der Waals surface area contributed by atoms with Gasteiger partial charge in [-0.05, 0) is 24.1 Å². The topological polar surface area (TPSA) is 51.0 Å². The number of methoxy groups -OCH3 is 1. The molecule has 0 bridgehead atoms. The predicted octanol–water partition coefficient (Wildman–Crippen LogP) is 2.30. The average Bonchev–Trinajstić information content (AvgIpc) is 2.31. The Morgan fingerprint density at radius 2 is 2.19 bits per heavy atom. The molecule has 4 heteroatoms. The monoisotopic (exact) mass is 216 g/mol. The molecule has 0 unspecified atom stereocenters. The maximum atomic E-state index is 9.88. The number of aryl methyl sites for hydroxylation is 1. The minimum atomic E-state index is 0.256. The van der Waals surface area contributed by atoms with Gasteiger partial charge in [0.15, 0.2) is 0 Å². The highest BCUT2D eigenvalue weighted by Gasteiger charge is 1.94. The number of isocyanates is 1. The number of ether oxygens (including phenoxy) is 1. The zero-order chi connectivity index (χ0) is 11.8. The van der Waals surface area contributed by atoms with Crippen LogP contribution in [0.5, 0.6) is 0 Å². The van der Waals surface area contributed by atoms with Gasteiger partial charge in [-0.15, -0.1) is 5.10 Å². The fourth-order valence-electron chi connectivity index (χ4n) is 1.15. The van der Waals surface area contributed by atoms with Crippen molar-refractivity contribution in [3.05, 3.63) is 41.5 Å². The van der Waals surface area contributed by atoms with Crippen molar-refractivity contribution in [3.8, 4) is 0 Å². The molecule has 16 heavy (non-hydrogen) atoms. The normalized spacial score (nSPS) is 11.2. The molecule has 0 aliphatic carbocycles. The van der Waals surface area contributed by atoms with Crippen LogP contribution in [0.4, 0.5) is 0 Å². The van der Waals surface area contributed by atoms with Crippen molar-refractivity contribution < 1.29 is 9.53 Å². The Hall–Kier alpha value is -2.19. The second kappa shape index (κ2) is 6.32. The average molecular weight is 216 g/mol. The lowest BCUT2D eigenvalue weighted by atomic mass is 10.1. The van der Waals surface area contributed by atoms with Gasteiger partial charge < -0.3 is 4.74 Å². The number of carbonyl (C=O) groups excluding carboxylic acids is 1. The van der Waals surface area contributed by atoms with E-state index < -0.39 is 0 Å². The highest BCUT2D eigenvalue weighted by Crippen LogP contribution is 2.08. The Bertz CT molecular complexity index is 458. The summed E-state index contributed by atoms with van der Waals surface area (Å²) < 4.78 is 4.90. The summed E-state index contributed by atoms with van der Waals surface area (Å²) in [6.07, 6.45) is 4.80. The molecular formula is C12H12N2O2. The molecule has 0 N–H and O–H groups in total. The zero-order valence-corrected chi connectivity index (χ0v) is 9.18. The molecule has 1 aromatic carbocycles. The summed E-state index contributed by atoms with van der Waals surface area (Å²) in [7, 11) is 1.46. The van der Waals surface area contributed by atoms with Crippen LogP contribution in [0.15, 0.2) is 40.5 Å². The maximum absolute atomic E-state index is 9.88. The first kappa shape index (κ1) is 11.9. The van der Waals surface area contributed by atoms with Crippen LogP contribution in [0.3, 0.4) is 0 Å². The predicted molar refractivity (Wildman–Crippen MR) is 62.8 cm³/mol. The SMILES string of the molecule is COC(/C=C\c1ccccc1C)=N\N=C=O. The van der Waals surface area contributed by atoms with Gasteiger partial charge in [0.05, 0.1) is 7.11 Å². The first-order valence-electron chi connectivity index (χ1n) is 4.70. The van der Waals surface area contributed by atoms with Crippen LogP contribution in [0.2, 0.25) is 0 Å². The molecule has 1 aromatic rings. The molecule has 1 rings (SSSR count). The smallest absolute Gasteiger partial charge is 0.260 e. The van der Waals surface area contributed by atoms with Crippen molar-refractivity contribution in [1.82, 2.24) is 0 Å². The molecule has 0 aliphatic rings. The van der Waals surface area contributed by atoms with Gasteiger partial charge in [-0.1, -0.05) is 29.4 Å². The second-order valence-electron chi connectivity index (χ2n) is 3.02. The van der Waals surface area contributed by atoms with Gasteiger partial charge in [0, 0.05) is 6.08 Å². The molecule has 4 nitrogen and oxygen atoms in total. The van der Waals surface area contributed by atoms with Gasteiger partial charge in [0.1, 0.15) is 0 Å². The summed E-state index contributed by atoms with van der Waals surface area (Å²) in [5, 5.41) is 6.60. The molecule has 0 heterocycles. The molecular weight excluding hydrogens is 204 g/mol. The minimum Gasteiger partial charge on any atom is -0.480 e. The van der Waals surface area contributed by atoms with Gasteiger partial charge in [0.25, 0.3) is 6.08 Å². The van der Waals surface area contributed by atoms with E-state index in [-0.39, 0.29) is 5.90 Å². The van der Waals surface area contributed by atoms with Crippen molar-refractivity contribution >= 4 is 18.1 Å². The molecule has 0 aromatic heterocycles. The highest BCUT2D eigenvalue weighted by molar-refractivity contribution is 5.91. The first-order chi connectivity index (χ1) is 7.77. The van der Waals surface area contributed by atoms with Crippen LogP contribution >= 0.6 is 0 Å². The lowest BCUT2D eigenvalue weighted by molar-refractivity contribution is 0.405. The standard InChI is InChI=1S/C12H12N2O2/c1-10-5-3-4-6-11(10)7-8-12(16-2)14-13-9-15/h3-8H,1-2H3/b8-7-,14-12-. The summed E-state index contributed by atoms with van der Waals surface area (Å²) in [4.78, 5) is 9.88. The largest absolute Gasteiger partial charge is 0.480 e. The lowest BCUT2D eigenvalue weighted by Gasteiger charge is -1.99. The van der Waals surface area contributed by atoms with E-state index in [1.54, 1.807) is 6.08 Å². The molecule has 0 amide bonds. The number of hydrogen-bond acceptors (Lipinski definition) is 4. The van der Waals surface area contributed by atoms with Crippen LogP contribution in [0.1, 0.15) is 11.1 Å². The third-order valence-electron chi connectivity index (χ3n) is 1.99. The quantitative estimate of drug-likeness (QED) is 0.337. The molecule has 0 aliphatic heterocycles. The van der Waals surface area contributed by atoms with E-state index in [1.807, 2.05) is 37.3 Å².